The molecule has 0 aliphatic heterocycles. The molecule has 0 atom stereocenters. The number of aliphatic imine (C=N–C) groups is 1. The van der Waals surface area contributed by atoms with Crippen LogP contribution in [0, 0.1) is 23.3 Å². The van der Waals surface area contributed by atoms with Crippen LogP contribution in [0.15, 0.2) is 29.4 Å². The molecule has 0 unspecified atom stereocenters. The van der Waals surface area contributed by atoms with Crippen molar-refractivity contribution in [3.05, 3.63) is 53.2 Å². The Morgan fingerprint density at radius 1 is 1.15 bits per heavy atom. The molecule has 9 heteroatoms. The number of nitrogens with zero attached hydrogens (tertiary/aromatic N) is 2. The van der Waals surface area contributed by atoms with Crippen LogP contribution in [0.1, 0.15) is 32.3 Å². The van der Waals surface area contributed by atoms with Gasteiger partial charge in [0.1, 0.15) is 0 Å². The SMILES string of the molecule is CCC(CC)N=C(NO)c1ccc(Oc2c(F)c(F)cc(F)c2F)nc1. The van der Waals surface area contributed by atoms with Gasteiger partial charge in [-0.3, -0.25) is 15.7 Å². The first-order valence-electron chi connectivity index (χ1n) is 7.86. The van der Waals surface area contributed by atoms with Crippen molar-refractivity contribution in [2.45, 2.75) is 32.7 Å². The van der Waals surface area contributed by atoms with E-state index in [9.17, 15) is 22.8 Å². The maximum Gasteiger partial charge on any atom is 0.219 e. The minimum atomic E-state index is -1.66. The van der Waals surface area contributed by atoms with Crippen molar-refractivity contribution in [3.63, 3.8) is 0 Å². The number of aromatic nitrogens is 1. The highest BCUT2D eigenvalue weighted by Crippen LogP contribution is 2.30. The Morgan fingerprint density at radius 2 is 1.77 bits per heavy atom. The van der Waals surface area contributed by atoms with E-state index in [1.54, 1.807) is 0 Å². The molecule has 26 heavy (non-hydrogen) atoms. The average molecular weight is 371 g/mol. The number of hydrogen-bond acceptors (Lipinski definition) is 4. The molecule has 0 aliphatic carbocycles. The van der Waals surface area contributed by atoms with E-state index in [2.05, 4.69) is 9.98 Å². The highest BCUT2D eigenvalue weighted by molar-refractivity contribution is 5.97. The highest BCUT2D eigenvalue weighted by atomic mass is 19.2. The van der Waals surface area contributed by atoms with Crippen molar-refractivity contribution in [2.75, 3.05) is 0 Å². The third kappa shape index (κ3) is 4.29. The Balaban J connectivity index is 2.28. The second-order valence-electron chi connectivity index (χ2n) is 5.34. The van der Waals surface area contributed by atoms with Gasteiger partial charge in [0.2, 0.25) is 23.3 Å². The fourth-order valence-electron chi connectivity index (χ4n) is 2.15. The quantitative estimate of drug-likeness (QED) is 0.261. The molecule has 2 N–H and O–H groups in total. The minimum Gasteiger partial charge on any atom is -0.433 e. The van der Waals surface area contributed by atoms with Gasteiger partial charge in [0.25, 0.3) is 0 Å². The molecule has 0 radical (unpaired) electrons. The number of hydroxylamine groups is 1. The van der Waals surface area contributed by atoms with Crippen molar-refractivity contribution < 1.29 is 27.5 Å². The van der Waals surface area contributed by atoms with Crippen LogP contribution < -0.4 is 10.2 Å². The minimum absolute atomic E-state index is 0.0148. The van der Waals surface area contributed by atoms with Gasteiger partial charge in [-0.1, -0.05) is 13.8 Å². The van der Waals surface area contributed by atoms with Gasteiger partial charge >= 0.3 is 0 Å². The molecule has 0 saturated heterocycles. The van der Waals surface area contributed by atoms with E-state index in [4.69, 9.17) is 4.74 Å². The molecular weight excluding hydrogens is 354 g/mol. The molecule has 140 valence electrons. The van der Waals surface area contributed by atoms with Gasteiger partial charge in [0.15, 0.2) is 17.5 Å². The van der Waals surface area contributed by atoms with E-state index >= 15 is 0 Å². The topological polar surface area (TPSA) is 66.7 Å². The fraction of sp³-hybridized carbons (Fsp3) is 0.294. The lowest BCUT2D eigenvalue weighted by Gasteiger charge is -2.12. The molecule has 1 aromatic carbocycles. The molecule has 0 fully saturated rings. The molecule has 5 nitrogen and oxygen atoms in total. The number of rotatable bonds is 6. The van der Waals surface area contributed by atoms with Crippen LogP contribution in [-0.2, 0) is 0 Å². The largest absolute Gasteiger partial charge is 0.433 e. The molecule has 0 spiro atoms. The van der Waals surface area contributed by atoms with Gasteiger partial charge in [0, 0.05) is 23.9 Å². The number of benzene rings is 1. The molecule has 0 aliphatic rings. The first-order valence-corrected chi connectivity index (χ1v) is 7.86. The van der Waals surface area contributed by atoms with E-state index in [1.807, 2.05) is 19.3 Å². The van der Waals surface area contributed by atoms with E-state index in [-0.39, 0.29) is 23.8 Å². The zero-order valence-corrected chi connectivity index (χ0v) is 14.1. The third-order valence-corrected chi connectivity index (χ3v) is 3.65. The second-order valence-corrected chi connectivity index (χ2v) is 5.34. The number of hydrogen-bond donors (Lipinski definition) is 2. The normalized spacial score (nSPS) is 11.8. The van der Waals surface area contributed by atoms with E-state index in [0.29, 0.717) is 5.56 Å². The van der Waals surface area contributed by atoms with Crippen LogP contribution in [0.5, 0.6) is 11.6 Å². The summed E-state index contributed by atoms with van der Waals surface area (Å²) in [6, 6.07) is 2.70. The second kappa shape index (κ2) is 8.61. The summed E-state index contributed by atoms with van der Waals surface area (Å²) in [6.45, 7) is 3.89. The smallest absolute Gasteiger partial charge is 0.219 e. The maximum absolute atomic E-state index is 13.6. The first-order chi connectivity index (χ1) is 12.4. The van der Waals surface area contributed by atoms with Gasteiger partial charge in [0.05, 0.1) is 6.04 Å². The fourth-order valence-corrected chi connectivity index (χ4v) is 2.15. The highest BCUT2D eigenvalue weighted by Gasteiger charge is 2.21. The van der Waals surface area contributed by atoms with Crippen LogP contribution in [0.3, 0.4) is 0 Å². The summed E-state index contributed by atoms with van der Waals surface area (Å²) in [5.74, 6) is -7.86. The van der Waals surface area contributed by atoms with Crippen LogP contribution >= 0.6 is 0 Å². The molecule has 0 saturated carbocycles. The van der Waals surface area contributed by atoms with Crippen molar-refractivity contribution in [3.8, 4) is 11.6 Å². The molecule has 2 rings (SSSR count). The lowest BCUT2D eigenvalue weighted by Crippen LogP contribution is -2.23. The Morgan fingerprint density at radius 3 is 2.23 bits per heavy atom. The number of pyridine rings is 1. The maximum atomic E-state index is 13.6. The predicted molar refractivity (Wildman–Crippen MR) is 86.4 cm³/mol. The van der Waals surface area contributed by atoms with Gasteiger partial charge < -0.3 is 4.74 Å². The number of ether oxygens (including phenoxy) is 1. The van der Waals surface area contributed by atoms with Crippen molar-refractivity contribution in [1.82, 2.24) is 10.5 Å². The van der Waals surface area contributed by atoms with Crippen molar-refractivity contribution >= 4 is 5.84 Å². The van der Waals surface area contributed by atoms with Crippen molar-refractivity contribution in [2.24, 2.45) is 4.99 Å². The van der Waals surface area contributed by atoms with Gasteiger partial charge in [-0.2, -0.15) is 8.78 Å². The lowest BCUT2D eigenvalue weighted by atomic mass is 10.2. The third-order valence-electron chi connectivity index (χ3n) is 3.65. The van der Waals surface area contributed by atoms with E-state index in [0.717, 1.165) is 12.8 Å². The Bertz CT molecular complexity index is 767. The molecule has 0 bridgehead atoms. The number of nitrogens with one attached hydrogen (secondary N) is 1. The Kier molecular flexibility index (Phi) is 6.51. The molecule has 0 amide bonds. The standard InChI is InChI=1S/C17H17F4N3O2/c1-3-10(4-2)23-17(24-25)9-5-6-13(22-8-9)26-16-14(20)11(18)7-12(19)15(16)21/h5-8,10,25H,3-4H2,1-2H3,(H,23,24). The van der Waals surface area contributed by atoms with Crippen LogP contribution in [0.2, 0.25) is 0 Å². The predicted octanol–water partition coefficient (Wildman–Crippen LogP) is 4.34. The van der Waals surface area contributed by atoms with Crippen LogP contribution in [0.25, 0.3) is 0 Å². The zero-order chi connectivity index (χ0) is 19.3. The number of halogens is 4. The van der Waals surface area contributed by atoms with Gasteiger partial charge in [-0.25, -0.2) is 13.8 Å². The molecular formula is C17H17F4N3O2. The summed E-state index contributed by atoms with van der Waals surface area (Å²) < 4.78 is 58.4. The molecule has 1 aromatic heterocycles. The Labute approximate surface area is 147 Å². The van der Waals surface area contributed by atoms with Gasteiger partial charge in [-0.05, 0) is 18.9 Å². The molecule has 1 heterocycles. The van der Waals surface area contributed by atoms with Crippen molar-refractivity contribution in [1.29, 1.82) is 0 Å². The summed E-state index contributed by atoms with van der Waals surface area (Å²) in [5, 5.41) is 9.24. The first kappa shape index (κ1) is 19.6. The zero-order valence-electron chi connectivity index (χ0n) is 14.1. The summed E-state index contributed by atoms with van der Waals surface area (Å²) in [7, 11) is 0. The molecule has 2 aromatic rings. The Hall–Kier alpha value is -2.68. The van der Waals surface area contributed by atoms with Crippen LogP contribution in [0.4, 0.5) is 17.6 Å². The number of amidine groups is 1. The lowest BCUT2D eigenvalue weighted by molar-refractivity contribution is 0.234. The summed E-state index contributed by atoms with van der Waals surface area (Å²) in [6.07, 6.45) is 2.76. The summed E-state index contributed by atoms with van der Waals surface area (Å²) in [5.41, 5.74) is 2.36. The van der Waals surface area contributed by atoms with Crippen LogP contribution in [-0.4, -0.2) is 22.1 Å². The average Bonchev–Trinajstić information content (AvgIpc) is 2.65. The van der Waals surface area contributed by atoms with Gasteiger partial charge in [-0.15, -0.1) is 0 Å². The summed E-state index contributed by atoms with van der Waals surface area (Å²) >= 11 is 0. The van der Waals surface area contributed by atoms with E-state index in [1.165, 1.54) is 18.3 Å². The van der Waals surface area contributed by atoms with E-state index < -0.39 is 29.0 Å². The monoisotopic (exact) mass is 371 g/mol. The summed E-state index contributed by atoms with van der Waals surface area (Å²) in [4.78, 5) is 8.13.